The second-order valence-electron chi connectivity index (χ2n) is 12.6. The number of carboxylic acids is 1. The third kappa shape index (κ3) is 5.31. The smallest absolute Gasteiger partial charge is 0.352 e. The quantitative estimate of drug-likeness (QED) is 0.191. The van der Waals surface area contributed by atoms with Gasteiger partial charge in [0, 0.05) is 71.2 Å². The highest BCUT2D eigenvalue weighted by Gasteiger charge is 2.29. The van der Waals surface area contributed by atoms with Crippen LogP contribution in [-0.2, 0) is 50.7 Å². The maximum atomic E-state index is 12.8. The van der Waals surface area contributed by atoms with Gasteiger partial charge in [-0.2, -0.15) is 5.10 Å². The number of carbonyl (C=O) groups is 1. The van der Waals surface area contributed by atoms with E-state index in [4.69, 9.17) is 14.8 Å². The summed E-state index contributed by atoms with van der Waals surface area (Å²) >= 11 is 3.62. The van der Waals surface area contributed by atoms with Crippen LogP contribution < -0.4 is 4.74 Å². The number of thioether (sulfide) groups is 2. The molecule has 8 rings (SSSR count). The Balaban J connectivity index is 1.26. The van der Waals surface area contributed by atoms with Crippen LogP contribution in [0.2, 0.25) is 0 Å². The molecular weight excluding hydrogens is 627 g/mol. The van der Waals surface area contributed by atoms with E-state index in [2.05, 4.69) is 60.0 Å². The summed E-state index contributed by atoms with van der Waals surface area (Å²) in [5, 5.41) is 18.6. The number of fused-ring (bicyclic) bond motifs is 10. The molecule has 8 nitrogen and oxygen atoms in total. The third-order valence-corrected chi connectivity index (χ3v) is 11.5. The first-order valence-electron chi connectivity index (χ1n) is 16.2. The number of carboxylic acid groups (broad SMARTS) is 1. The van der Waals surface area contributed by atoms with Crippen molar-refractivity contribution in [1.29, 1.82) is 0 Å². The lowest BCUT2D eigenvalue weighted by molar-refractivity contribution is 0.0685. The van der Waals surface area contributed by atoms with E-state index in [-0.39, 0.29) is 0 Å². The van der Waals surface area contributed by atoms with E-state index in [1.54, 1.807) is 11.8 Å². The number of benzene rings is 3. The standard InChI is InChI=1S/C37H37N5O3S2/c1-22-12-13-29-28-10-7-15-45-31-18-26(16-23-8-4-5-9-27(23)31)47-20-25-17-24(39-41(25)3)19-46-21-30-36(42-14-6-11-32(42)38-30)33(22)34(29)40(2)35(28)37(43)44/h4-5,8-9,12-13,16-18H,6-7,10-11,14-15,19-21H2,1-3H3,(H,43,44). The van der Waals surface area contributed by atoms with Gasteiger partial charge in [-0.15, -0.1) is 23.5 Å². The summed E-state index contributed by atoms with van der Waals surface area (Å²) in [6.45, 7) is 3.54. The molecule has 5 heterocycles. The number of aromatic carboxylic acids is 1. The summed E-state index contributed by atoms with van der Waals surface area (Å²) < 4.78 is 12.8. The van der Waals surface area contributed by atoms with Crippen molar-refractivity contribution in [2.75, 3.05) is 6.61 Å². The van der Waals surface area contributed by atoms with Crippen molar-refractivity contribution in [2.45, 2.75) is 61.3 Å². The molecule has 0 spiro atoms. The number of aromatic nitrogens is 5. The summed E-state index contributed by atoms with van der Waals surface area (Å²) in [5.74, 6) is 3.42. The van der Waals surface area contributed by atoms with Gasteiger partial charge in [-0.25, -0.2) is 9.78 Å². The van der Waals surface area contributed by atoms with Crippen LogP contribution in [0.3, 0.4) is 0 Å². The highest BCUT2D eigenvalue weighted by molar-refractivity contribution is 7.98. The van der Waals surface area contributed by atoms with Gasteiger partial charge >= 0.3 is 5.97 Å². The van der Waals surface area contributed by atoms with Gasteiger partial charge in [0.15, 0.2) is 0 Å². The van der Waals surface area contributed by atoms with Crippen molar-refractivity contribution >= 4 is 51.2 Å². The molecule has 3 aromatic heterocycles. The normalized spacial score (nSPS) is 15.4. The van der Waals surface area contributed by atoms with Crippen molar-refractivity contribution in [2.24, 2.45) is 14.1 Å². The molecule has 6 aromatic rings. The number of ether oxygens (including phenoxy) is 1. The monoisotopic (exact) mass is 663 g/mol. The molecule has 10 heteroatoms. The lowest BCUT2D eigenvalue weighted by Crippen LogP contribution is -2.09. The van der Waals surface area contributed by atoms with Gasteiger partial charge in [0.25, 0.3) is 0 Å². The van der Waals surface area contributed by atoms with Gasteiger partial charge in [0.1, 0.15) is 17.3 Å². The van der Waals surface area contributed by atoms with Gasteiger partial charge in [-0.3, -0.25) is 4.68 Å². The van der Waals surface area contributed by atoms with Crippen LogP contribution in [0.5, 0.6) is 5.75 Å². The number of hydrogen-bond donors (Lipinski definition) is 1. The van der Waals surface area contributed by atoms with Crippen LogP contribution in [0.4, 0.5) is 0 Å². The van der Waals surface area contributed by atoms with Crippen LogP contribution in [0.1, 0.15) is 57.4 Å². The second-order valence-corrected chi connectivity index (χ2v) is 14.6. The second kappa shape index (κ2) is 12.1. The fourth-order valence-electron chi connectivity index (χ4n) is 7.38. The molecule has 0 atom stereocenters. The Labute approximate surface area is 282 Å². The zero-order valence-electron chi connectivity index (χ0n) is 26.9. The van der Waals surface area contributed by atoms with Crippen molar-refractivity contribution in [3.63, 3.8) is 0 Å². The van der Waals surface area contributed by atoms with Crippen molar-refractivity contribution < 1.29 is 14.6 Å². The van der Waals surface area contributed by atoms with Gasteiger partial charge in [0.2, 0.25) is 0 Å². The van der Waals surface area contributed by atoms with Crippen LogP contribution in [0.25, 0.3) is 32.9 Å². The zero-order chi connectivity index (χ0) is 32.2. The Morgan fingerprint density at radius 1 is 0.979 bits per heavy atom. The first kappa shape index (κ1) is 30.2. The van der Waals surface area contributed by atoms with Crippen LogP contribution in [-0.4, -0.2) is 41.6 Å². The van der Waals surface area contributed by atoms with Crippen LogP contribution in [0, 0.1) is 6.92 Å². The largest absolute Gasteiger partial charge is 0.493 e. The highest BCUT2D eigenvalue weighted by atomic mass is 32.2. The first-order chi connectivity index (χ1) is 22.9. The van der Waals surface area contributed by atoms with Gasteiger partial charge in [-0.1, -0.05) is 36.4 Å². The minimum Gasteiger partial charge on any atom is -0.493 e. The number of aryl methyl sites for hydroxylation is 5. The minimum absolute atomic E-state index is 0.348. The Kier molecular flexibility index (Phi) is 7.80. The van der Waals surface area contributed by atoms with Crippen molar-refractivity contribution in [1.82, 2.24) is 23.9 Å². The summed E-state index contributed by atoms with van der Waals surface area (Å²) in [6, 6.07) is 19.2. The molecule has 0 aliphatic carbocycles. The van der Waals surface area contributed by atoms with Crippen molar-refractivity contribution in [3.05, 3.63) is 94.3 Å². The maximum absolute atomic E-state index is 12.8. The Hall–Kier alpha value is -4.15. The summed E-state index contributed by atoms with van der Waals surface area (Å²) in [5.41, 5.74) is 8.85. The highest BCUT2D eigenvalue weighted by Crippen LogP contribution is 2.41. The van der Waals surface area contributed by atoms with E-state index >= 15 is 0 Å². The molecule has 0 saturated carbocycles. The van der Waals surface area contributed by atoms with E-state index in [0.29, 0.717) is 25.1 Å². The van der Waals surface area contributed by atoms with E-state index < -0.39 is 5.97 Å². The first-order valence-corrected chi connectivity index (χ1v) is 18.3. The lowest BCUT2D eigenvalue weighted by atomic mass is 9.98. The fraction of sp³-hybridized carbons (Fsp3) is 0.324. The van der Waals surface area contributed by atoms with E-state index in [0.717, 1.165) is 109 Å². The number of nitrogens with zero attached hydrogens (tertiary/aromatic N) is 5. The Morgan fingerprint density at radius 3 is 2.72 bits per heavy atom. The molecule has 2 aliphatic heterocycles. The molecular formula is C37H37N5O3S2. The van der Waals surface area contributed by atoms with Crippen molar-refractivity contribution in [3.8, 4) is 17.0 Å². The van der Waals surface area contributed by atoms with Crippen LogP contribution >= 0.6 is 23.5 Å². The molecule has 8 bridgehead atoms. The molecule has 0 saturated heterocycles. The predicted molar refractivity (Wildman–Crippen MR) is 190 cm³/mol. The third-order valence-electron chi connectivity index (χ3n) is 9.54. The van der Waals surface area contributed by atoms with E-state index in [1.165, 1.54) is 5.69 Å². The topological polar surface area (TPSA) is 87.1 Å². The number of hydrogen-bond acceptors (Lipinski definition) is 6. The molecule has 1 N–H and O–H groups in total. The maximum Gasteiger partial charge on any atom is 0.352 e. The van der Waals surface area contributed by atoms with E-state index in [9.17, 15) is 9.90 Å². The average molecular weight is 664 g/mol. The molecule has 3 aromatic carbocycles. The summed E-state index contributed by atoms with van der Waals surface area (Å²) in [7, 11) is 3.93. The van der Waals surface area contributed by atoms with Gasteiger partial charge in [0.05, 0.1) is 29.2 Å². The Bertz CT molecular complexity index is 2190. The number of imidazole rings is 1. The molecule has 2 aliphatic rings. The molecule has 47 heavy (non-hydrogen) atoms. The molecule has 0 amide bonds. The molecule has 0 unspecified atom stereocenters. The Morgan fingerprint density at radius 2 is 1.85 bits per heavy atom. The molecule has 0 fully saturated rings. The predicted octanol–water partition coefficient (Wildman–Crippen LogP) is 7.93. The van der Waals surface area contributed by atoms with Gasteiger partial charge in [-0.05, 0) is 60.9 Å². The minimum atomic E-state index is -0.905. The van der Waals surface area contributed by atoms with E-state index in [1.807, 2.05) is 41.2 Å². The lowest BCUT2D eigenvalue weighted by Gasteiger charge is -2.14. The summed E-state index contributed by atoms with van der Waals surface area (Å²) in [4.78, 5) is 19.1. The average Bonchev–Trinajstić information content (AvgIpc) is 3.80. The fourth-order valence-corrected chi connectivity index (χ4v) is 9.21. The molecule has 240 valence electrons. The molecule has 0 radical (unpaired) electrons. The van der Waals surface area contributed by atoms with Gasteiger partial charge < -0.3 is 19.0 Å². The zero-order valence-corrected chi connectivity index (χ0v) is 28.5. The summed E-state index contributed by atoms with van der Waals surface area (Å²) in [6.07, 6.45) is 3.33. The number of rotatable bonds is 1. The SMILES string of the molecule is Cc1ccc2c3c(C(=O)O)n(C)c2c1-c1c(nc2n1CCC2)CSCc1cc(n(C)n1)CSc1cc(c2ccccc2c1)OCCC3. The van der Waals surface area contributed by atoms with Crippen LogP contribution in [0.15, 0.2) is 59.5 Å².